The first kappa shape index (κ1) is 12.3. The maximum absolute atomic E-state index is 12.5. The van der Waals surface area contributed by atoms with Crippen molar-refractivity contribution in [1.29, 1.82) is 0 Å². The quantitative estimate of drug-likeness (QED) is 0.926. The molecule has 0 fully saturated rings. The monoisotopic (exact) mass is 292 g/mol. The summed E-state index contributed by atoms with van der Waals surface area (Å²) in [7, 11) is -3.46. The van der Waals surface area contributed by atoms with E-state index >= 15 is 0 Å². The number of para-hydroxylation sites is 1. The van der Waals surface area contributed by atoms with Crippen molar-refractivity contribution in [2.45, 2.75) is 10.8 Å². The second-order valence-corrected chi connectivity index (χ2v) is 7.16. The summed E-state index contributed by atoms with van der Waals surface area (Å²) in [6.45, 7) is 0.333. The molecule has 4 nitrogen and oxygen atoms in total. The maximum atomic E-state index is 12.5. The number of nitrogens with zero attached hydrogens (tertiary/aromatic N) is 1. The first-order valence-corrected chi connectivity index (χ1v) is 8.06. The van der Waals surface area contributed by atoms with E-state index in [1.54, 1.807) is 29.9 Å². The predicted octanol–water partition coefficient (Wildman–Crippen LogP) is 2.84. The maximum Gasteiger partial charge on any atom is 0.273 e. The molecule has 1 N–H and O–H groups in total. The van der Waals surface area contributed by atoms with Crippen molar-refractivity contribution in [3.63, 3.8) is 0 Å². The van der Waals surface area contributed by atoms with Crippen molar-refractivity contribution in [1.82, 2.24) is 4.31 Å². The average molecular weight is 292 g/mol. The lowest BCUT2D eigenvalue weighted by molar-refractivity contribution is 0.499. The molecule has 0 unspecified atom stereocenters. The first-order chi connectivity index (χ1) is 9.18. The molecule has 98 valence electrons. The summed E-state index contributed by atoms with van der Waals surface area (Å²) < 4.78 is 26.7. The molecule has 0 saturated carbocycles. The number of hydrogen-bond donors (Lipinski definition) is 1. The number of rotatable bonds is 2. The van der Waals surface area contributed by atoms with Crippen LogP contribution >= 0.6 is 11.3 Å². The topological polar surface area (TPSA) is 49.4 Å². The molecule has 0 radical (unpaired) electrons. The Labute approximate surface area is 116 Å². The summed E-state index contributed by atoms with van der Waals surface area (Å²) in [6.07, 6.45) is 3.21. The van der Waals surface area contributed by atoms with Gasteiger partial charge in [0.1, 0.15) is 4.21 Å². The summed E-state index contributed by atoms with van der Waals surface area (Å²) in [5, 5.41) is 4.85. The van der Waals surface area contributed by atoms with Gasteiger partial charge in [-0.3, -0.25) is 4.31 Å². The highest BCUT2D eigenvalue weighted by Crippen LogP contribution is 2.27. The smallest absolute Gasteiger partial charge is 0.273 e. The third kappa shape index (κ3) is 2.24. The van der Waals surface area contributed by atoms with Crippen LogP contribution in [0.2, 0.25) is 0 Å². The highest BCUT2D eigenvalue weighted by Gasteiger charge is 2.24. The molecular formula is C13H12N2O2S2. The number of thiophene rings is 1. The van der Waals surface area contributed by atoms with Crippen LogP contribution in [0.3, 0.4) is 0 Å². The van der Waals surface area contributed by atoms with Gasteiger partial charge in [-0.2, -0.15) is 0 Å². The van der Waals surface area contributed by atoms with Gasteiger partial charge >= 0.3 is 0 Å². The van der Waals surface area contributed by atoms with Crippen molar-refractivity contribution in [2.24, 2.45) is 0 Å². The summed E-state index contributed by atoms with van der Waals surface area (Å²) in [5.41, 5.74) is 1.88. The van der Waals surface area contributed by atoms with Crippen molar-refractivity contribution in [3.05, 3.63) is 59.7 Å². The highest BCUT2D eigenvalue weighted by atomic mass is 32.2. The lowest BCUT2D eigenvalue weighted by atomic mass is 10.2. The lowest BCUT2D eigenvalue weighted by Gasteiger charge is -2.18. The van der Waals surface area contributed by atoms with E-state index in [1.807, 2.05) is 24.3 Å². The summed E-state index contributed by atoms with van der Waals surface area (Å²) in [6, 6.07) is 11.0. The van der Waals surface area contributed by atoms with Gasteiger partial charge < -0.3 is 5.32 Å². The lowest BCUT2D eigenvalue weighted by Crippen LogP contribution is -2.24. The standard InChI is InChI=1S/C13H12N2O2S2/c16-19(17,13-6-3-9-18-13)15-8-7-14-12-5-2-1-4-11(12)10-15/h1-9,14H,10H2. The molecule has 19 heavy (non-hydrogen) atoms. The Hall–Kier alpha value is -1.79. The normalized spacial score (nSPS) is 14.6. The molecule has 1 aliphatic heterocycles. The minimum absolute atomic E-state index is 0.333. The fourth-order valence-electron chi connectivity index (χ4n) is 1.92. The Morgan fingerprint density at radius 3 is 2.79 bits per heavy atom. The second-order valence-electron chi connectivity index (χ2n) is 4.10. The van der Waals surface area contributed by atoms with E-state index in [1.165, 1.54) is 15.6 Å². The van der Waals surface area contributed by atoms with Crippen molar-refractivity contribution in [3.8, 4) is 0 Å². The first-order valence-electron chi connectivity index (χ1n) is 5.74. The SMILES string of the molecule is O=S(=O)(c1cccs1)N1C=CNc2ccccc2C1. The molecule has 1 aromatic heterocycles. The van der Waals surface area contributed by atoms with Gasteiger partial charge in [-0.25, -0.2) is 8.42 Å². The number of hydrogen-bond acceptors (Lipinski definition) is 4. The average Bonchev–Trinajstić information content (AvgIpc) is 2.85. The van der Waals surface area contributed by atoms with Gasteiger partial charge in [0.15, 0.2) is 0 Å². The summed E-state index contributed by atoms with van der Waals surface area (Å²) in [4.78, 5) is 0. The van der Waals surface area contributed by atoms with E-state index in [0.717, 1.165) is 11.3 Å². The molecule has 0 aliphatic carbocycles. The zero-order valence-corrected chi connectivity index (χ0v) is 11.6. The molecule has 1 aliphatic rings. The van der Waals surface area contributed by atoms with Crippen LogP contribution in [0.5, 0.6) is 0 Å². The van der Waals surface area contributed by atoms with Gasteiger partial charge in [0, 0.05) is 18.1 Å². The minimum Gasteiger partial charge on any atom is -0.360 e. The molecule has 6 heteroatoms. The van der Waals surface area contributed by atoms with Crippen LogP contribution < -0.4 is 5.32 Å². The minimum atomic E-state index is -3.46. The Kier molecular flexibility index (Phi) is 3.04. The molecule has 2 aromatic rings. The molecule has 0 spiro atoms. The Morgan fingerprint density at radius 2 is 2.00 bits per heavy atom. The van der Waals surface area contributed by atoms with Crippen molar-refractivity contribution < 1.29 is 8.42 Å². The van der Waals surface area contributed by atoms with Crippen LogP contribution in [0.15, 0.2) is 58.4 Å². The molecular weight excluding hydrogens is 280 g/mol. The fraction of sp³-hybridized carbons (Fsp3) is 0.0769. The number of anilines is 1. The van der Waals surface area contributed by atoms with E-state index in [4.69, 9.17) is 0 Å². The highest BCUT2D eigenvalue weighted by molar-refractivity contribution is 7.91. The molecule has 1 aromatic carbocycles. The fourth-order valence-corrected chi connectivity index (χ4v) is 4.32. The third-order valence-corrected chi connectivity index (χ3v) is 5.98. The summed E-state index contributed by atoms with van der Waals surface area (Å²) >= 11 is 1.23. The van der Waals surface area contributed by atoms with Gasteiger partial charge in [-0.1, -0.05) is 24.3 Å². The van der Waals surface area contributed by atoms with Crippen LogP contribution in [-0.4, -0.2) is 12.7 Å². The molecule has 0 amide bonds. The third-order valence-electron chi connectivity index (χ3n) is 2.88. The number of benzene rings is 1. The number of sulfonamides is 1. The van der Waals surface area contributed by atoms with Crippen LogP contribution in [-0.2, 0) is 16.6 Å². The number of nitrogens with one attached hydrogen (secondary N) is 1. The van der Waals surface area contributed by atoms with Crippen LogP contribution in [0, 0.1) is 0 Å². The largest absolute Gasteiger partial charge is 0.360 e. The van der Waals surface area contributed by atoms with E-state index in [9.17, 15) is 8.42 Å². The van der Waals surface area contributed by atoms with Crippen LogP contribution in [0.4, 0.5) is 5.69 Å². The Balaban J connectivity index is 2.00. The van der Waals surface area contributed by atoms with E-state index in [2.05, 4.69) is 5.32 Å². The predicted molar refractivity (Wildman–Crippen MR) is 76.3 cm³/mol. The number of fused-ring (bicyclic) bond motifs is 1. The molecule has 2 heterocycles. The van der Waals surface area contributed by atoms with E-state index < -0.39 is 10.0 Å². The van der Waals surface area contributed by atoms with Crippen LogP contribution in [0.25, 0.3) is 0 Å². The van der Waals surface area contributed by atoms with E-state index in [-0.39, 0.29) is 0 Å². The van der Waals surface area contributed by atoms with Crippen molar-refractivity contribution >= 4 is 27.0 Å². The summed E-state index contributed by atoms with van der Waals surface area (Å²) in [5.74, 6) is 0. The zero-order chi connectivity index (χ0) is 13.3. The van der Waals surface area contributed by atoms with E-state index in [0.29, 0.717) is 10.8 Å². The van der Waals surface area contributed by atoms with Gasteiger partial charge in [-0.05, 0) is 23.1 Å². The Morgan fingerprint density at radius 1 is 1.16 bits per heavy atom. The van der Waals surface area contributed by atoms with Gasteiger partial charge in [-0.15, -0.1) is 11.3 Å². The van der Waals surface area contributed by atoms with Crippen molar-refractivity contribution in [2.75, 3.05) is 5.32 Å². The van der Waals surface area contributed by atoms with Crippen LogP contribution in [0.1, 0.15) is 5.56 Å². The second kappa shape index (κ2) is 4.71. The Bertz CT molecular complexity index is 706. The zero-order valence-electron chi connectivity index (χ0n) is 9.98. The van der Waals surface area contributed by atoms with Gasteiger partial charge in [0.25, 0.3) is 10.0 Å². The molecule has 0 saturated heterocycles. The molecule has 0 bridgehead atoms. The van der Waals surface area contributed by atoms with Gasteiger partial charge in [0.2, 0.25) is 0 Å². The van der Waals surface area contributed by atoms with Gasteiger partial charge in [0.05, 0.1) is 6.54 Å². The molecule has 3 rings (SSSR count). The molecule has 0 atom stereocenters.